The van der Waals surface area contributed by atoms with Crippen LogP contribution in [0.4, 0.5) is 5.69 Å². The Hall–Kier alpha value is -0.580. The zero-order valence-corrected chi connectivity index (χ0v) is 11.1. The summed E-state index contributed by atoms with van der Waals surface area (Å²) in [6, 6.07) is 3.73. The summed E-state index contributed by atoms with van der Waals surface area (Å²) < 4.78 is 5.94. The first-order valence-electron chi connectivity index (χ1n) is 4.93. The van der Waals surface area contributed by atoms with Gasteiger partial charge in [-0.15, -0.1) is 0 Å². The summed E-state index contributed by atoms with van der Waals surface area (Å²) in [5.74, 6) is -0.0206. The minimum absolute atomic E-state index is 0.0206. The second kappa shape index (κ2) is 4.73. The van der Waals surface area contributed by atoms with Crippen LogP contribution in [0.5, 0.6) is 0 Å². The van der Waals surface area contributed by atoms with Gasteiger partial charge in [-0.05, 0) is 40.5 Å². The van der Waals surface area contributed by atoms with E-state index in [4.69, 9.17) is 16.3 Å². The second-order valence-corrected chi connectivity index (χ2v) is 4.91. The molecule has 0 N–H and O–H groups in total. The maximum absolute atomic E-state index is 11.7. The molecular weight excluding hydrogens is 293 g/mol. The number of nitrogens with zero attached hydrogens (tertiary/aromatic N) is 1. The number of hydrogen-bond donors (Lipinski definition) is 0. The molecule has 1 aromatic rings. The highest BCUT2D eigenvalue weighted by Gasteiger charge is 2.22. The van der Waals surface area contributed by atoms with Crippen LogP contribution in [0, 0.1) is 6.92 Å². The van der Waals surface area contributed by atoms with Crippen LogP contribution in [0.15, 0.2) is 16.6 Å². The number of halogens is 2. The Morgan fingerprint density at radius 3 is 2.94 bits per heavy atom. The summed E-state index contributed by atoms with van der Waals surface area (Å²) in [5.41, 5.74) is 1.88. The molecule has 1 saturated heterocycles. The normalized spacial score (nSPS) is 16.7. The van der Waals surface area contributed by atoms with Crippen LogP contribution in [-0.4, -0.2) is 25.7 Å². The number of rotatable bonds is 1. The third-order valence-electron chi connectivity index (χ3n) is 2.52. The van der Waals surface area contributed by atoms with Gasteiger partial charge in [0.1, 0.15) is 6.61 Å². The first-order valence-corrected chi connectivity index (χ1v) is 6.10. The number of morpholine rings is 1. The van der Waals surface area contributed by atoms with Gasteiger partial charge in [0.05, 0.1) is 11.6 Å². The van der Waals surface area contributed by atoms with E-state index >= 15 is 0 Å². The quantitative estimate of drug-likeness (QED) is 0.798. The molecule has 1 fully saturated rings. The van der Waals surface area contributed by atoms with Crippen LogP contribution in [0.1, 0.15) is 5.56 Å². The number of ether oxygens (including phenoxy) is 1. The summed E-state index contributed by atoms with van der Waals surface area (Å²) in [7, 11) is 0. The number of carbonyl (C=O) groups excluding carboxylic acids is 1. The molecule has 0 saturated carbocycles. The molecule has 0 bridgehead atoms. The number of anilines is 1. The Morgan fingerprint density at radius 1 is 1.50 bits per heavy atom. The number of amides is 1. The van der Waals surface area contributed by atoms with E-state index in [9.17, 15) is 4.79 Å². The fourth-order valence-corrected chi connectivity index (χ4v) is 2.32. The molecule has 0 radical (unpaired) electrons. The van der Waals surface area contributed by atoms with Crippen molar-refractivity contribution in [1.29, 1.82) is 0 Å². The summed E-state index contributed by atoms with van der Waals surface area (Å²) in [6.07, 6.45) is 0. The summed E-state index contributed by atoms with van der Waals surface area (Å²) in [4.78, 5) is 13.4. The summed E-state index contributed by atoms with van der Waals surface area (Å²) >= 11 is 9.40. The smallest absolute Gasteiger partial charge is 0.253 e. The maximum atomic E-state index is 11.7. The van der Waals surface area contributed by atoms with Crippen molar-refractivity contribution in [2.24, 2.45) is 0 Å². The summed E-state index contributed by atoms with van der Waals surface area (Å²) in [5, 5.41) is 0.611. The van der Waals surface area contributed by atoms with Crippen LogP contribution in [-0.2, 0) is 9.53 Å². The van der Waals surface area contributed by atoms with Gasteiger partial charge in [-0.3, -0.25) is 4.79 Å². The largest absolute Gasteiger partial charge is 0.370 e. The van der Waals surface area contributed by atoms with Crippen LogP contribution in [0.2, 0.25) is 5.02 Å². The van der Waals surface area contributed by atoms with E-state index in [-0.39, 0.29) is 12.5 Å². The topological polar surface area (TPSA) is 29.5 Å². The fraction of sp³-hybridized carbons (Fsp3) is 0.364. The minimum atomic E-state index is -0.0206. The van der Waals surface area contributed by atoms with E-state index < -0.39 is 0 Å². The number of hydrogen-bond acceptors (Lipinski definition) is 2. The van der Waals surface area contributed by atoms with E-state index in [0.29, 0.717) is 18.2 Å². The van der Waals surface area contributed by atoms with Crippen molar-refractivity contribution in [3.63, 3.8) is 0 Å². The zero-order valence-electron chi connectivity index (χ0n) is 8.80. The van der Waals surface area contributed by atoms with Crippen LogP contribution >= 0.6 is 27.5 Å². The molecular formula is C11H11BrClNO2. The zero-order chi connectivity index (χ0) is 11.7. The number of benzene rings is 1. The van der Waals surface area contributed by atoms with E-state index in [0.717, 1.165) is 15.7 Å². The van der Waals surface area contributed by atoms with Crippen molar-refractivity contribution < 1.29 is 9.53 Å². The lowest BCUT2D eigenvalue weighted by molar-refractivity contribution is -0.125. The molecule has 1 aliphatic rings. The van der Waals surface area contributed by atoms with Crippen molar-refractivity contribution in [2.45, 2.75) is 6.92 Å². The number of aryl methyl sites for hydroxylation is 1. The van der Waals surface area contributed by atoms with E-state index in [1.54, 1.807) is 4.90 Å². The standard InChI is InChI=1S/C11H11BrClNO2/c1-7-4-8(12)9(13)5-10(7)14-2-3-16-6-11(14)15/h4-5H,2-3,6H2,1H3. The SMILES string of the molecule is Cc1cc(Br)c(Cl)cc1N1CCOCC1=O. The van der Waals surface area contributed by atoms with Gasteiger partial charge < -0.3 is 9.64 Å². The van der Waals surface area contributed by atoms with Gasteiger partial charge in [0, 0.05) is 16.7 Å². The highest BCUT2D eigenvalue weighted by atomic mass is 79.9. The Morgan fingerprint density at radius 2 is 2.25 bits per heavy atom. The molecule has 1 aromatic carbocycles. The van der Waals surface area contributed by atoms with Crippen molar-refractivity contribution in [1.82, 2.24) is 0 Å². The fourth-order valence-electron chi connectivity index (χ4n) is 1.70. The predicted octanol–water partition coefficient (Wildman–Crippen LogP) is 2.77. The van der Waals surface area contributed by atoms with Crippen molar-refractivity contribution in [3.05, 3.63) is 27.2 Å². The molecule has 0 atom stereocenters. The molecule has 0 aliphatic carbocycles. The molecule has 16 heavy (non-hydrogen) atoms. The van der Waals surface area contributed by atoms with Crippen molar-refractivity contribution in [3.8, 4) is 0 Å². The Bertz CT molecular complexity index is 436. The third kappa shape index (κ3) is 2.24. The molecule has 3 nitrogen and oxygen atoms in total. The van der Waals surface area contributed by atoms with Crippen LogP contribution in [0.25, 0.3) is 0 Å². The molecule has 2 rings (SSSR count). The average Bonchev–Trinajstić information content (AvgIpc) is 2.25. The molecule has 0 spiro atoms. The average molecular weight is 305 g/mol. The Balaban J connectivity index is 2.39. The maximum Gasteiger partial charge on any atom is 0.253 e. The van der Waals surface area contributed by atoms with Gasteiger partial charge in [-0.2, -0.15) is 0 Å². The minimum Gasteiger partial charge on any atom is -0.370 e. The Labute approximate surface area is 107 Å². The summed E-state index contributed by atoms with van der Waals surface area (Å²) in [6.45, 7) is 3.25. The molecule has 1 heterocycles. The van der Waals surface area contributed by atoms with Gasteiger partial charge in [0.2, 0.25) is 0 Å². The van der Waals surface area contributed by atoms with Crippen molar-refractivity contribution >= 4 is 39.1 Å². The van der Waals surface area contributed by atoms with E-state index in [1.165, 1.54) is 0 Å². The Kier molecular flexibility index (Phi) is 3.52. The van der Waals surface area contributed by atoms with Gasteiger partial charge in [-0.1, -0.05) is 11.6 Å². The van der Waals surface area contributed by atoms with Gasteiger partial charge in [-0.25, -0.2) is 0 Å². The van der Waals surface area contributed by atoms with Gasteiger partial charge in [0.15, 0.2) is 0 Å². The lowest BCUT2D eigenvalue weighted by Gasteiger charge is -2.28. The van der Waals surface area contributed by atoms with E-state index in [2.05, 4.69) is 15.9 Å². The van der Waals surface area contributed by atoms with Gasteiger partial charge >= 0.3 is 0 Å². The van der Waals surface area contributed by atoms with Gasteiger partial charge in [0.25, 0.3) is 5.91 Å². The first kappa shape index (κ1) is 11.9. The predicted molar refractivity (Wildman–Crippen MR) is 67.1 cm³/mol. The highest BCUT2D eigenvalue weighted by Crippen LogP contribution is 2.31. The first-order chi connectivity index (χ1) is 7.59. The molecule has 0 aromatic heterocycles. The third-order valence-corrected chi connectivity index (χ3v) is 3.71. The second-order valence-electron chi connectivity index (χ2n) is 3.65. The molecule has 1 aliphatic heterocycles. The van der Waals surface area contributed by atoms with Crippen molar-refractivity contribution in [2.75, 3.05) is 24.7 Å². The monoisotopic (exact) mass is 303 g/mol. The van der Waals surface area contributed by atoms with Crippen LogP contribution < -0.4 is 4.90 Å². The number of carbonyl (C=O) groups is 1. The molecule has 0 unspecified atom stereocenters. The van der Waals surface area contributed by atoms with Crippen LogP contribution in [0.3, 0.4) is 0 Å². The molecule has 1 amide bonds. The molecule has 5 heteroatoms. The lowest BCUT2D eigenvalue weighted by Crippen LogP contribution is -2.42. The molecule has 86 valence electrons. The highest BCUT2D eigenvalue weighted by molar-refractivity contribution is 9.10. The van der Waals surface area contributed by atoms with E-state index in [1.807, 2.05) is 19.1 Å². The lowest BCUT2D eigenvalue weighted by atomic mass is 10.1.